The number of likely N-dealkylation sites (tertiary alicyclic amines) is 1. The zero-order chi connectivity index (χ0) is 27.2. The summed E-state index contributed by atoms with van der Waals surface area (Å²) in [5.74, 6) is -2.48. The molecule has 37 heavy (non-hydrogen) atoms. The molecule has 0 bridgehead atoms. The van der Waals surface area contributed by atoms with Crippen LogP contribution in [0, 0.1) is 11.7 Å². The molecule has 0 aliphatic carbocycles. The Hall–Kier alpha value is -3.26. The first kappa shape index (κ1) is 28.3. The predicted octanol–water partition coefficient (Wildman–Crippen LogP) is -0.201. The number of nitrogens with zero attached hydrogens (tertiary/aromatic N) is 2. The van der Waals surface area contributed by atoms with Gasteiger partial charge >= 0.3 is 5.97 Å². The van der Waals surface area contributed by atoms with Crippen molar-refractivity contribution in [3.05, 3.63) is 35.1 Å². The van der Waals surface area contributed by atoms with E-state index >= 15 is 0 Å². The van der Waals surface area contributed by atoms with Crippen LogP contribution in [-0.2, 0) is 30.1 Å². The van der Waals surface area contributed by atoms with Gasteiger partial charge in [-0.3, -0.25) is 9.59 Å². The molecule has 5 N–H and O–H groups in total. The van der Waals surface area contributed by atoms with Gasteiger partial charge in [0.05, 0.1) is 31.0 Å². The number of carbonyl (C=O) groups is 3. The van der Waals surface area contributed by atoms with E-state index in [1.807, 2.05) is 6.92 Å². The number of benzene rings is 1. The van der Waals surface area contributed by atoms with Gasteiger partial charge in [-0.05, 0) is 48.9 Å². The Balaban J connectivity index is 1.62. The first-order chi connectivity index (χ1) is 17.5. The minimum absolute atomic E-state index is 0.0880. The second-order valence-electron chi connectivity index (χ2n) is 9.30. The van der Waals surface area contributed by atoms with Gasteiger partial charge in [0, 0.05) is 19.5 Å². The van der Waals surface area contributed by atoms with E-state index in [4.69, 9.17) is 5.73 Å². The predicted molar refractivity (Wildman–Crippen MR) is 133 cm³/mol. The summed E-state index contributed by atoms with van der Waals surface area (Å²) in [7, 11) is -3.02. The van der Waals surface area contributed by atoms with E-state index in [9.17, 15) is 27.2 Å². The fourth-order valence-corrected chi connectivity index (χ4v) is 5.72. The van der Waals surface area contributed by atoms with E-state index in [1.54, 1.807) is 0 Å². The van der Waals surface area contributed by atoms with Crippen molar-refractivity contribution in [1.29, 1.82) is 0 Å². The molecule has 14 heteroatoms. The van der Waals surface area contributed by atoms with Crippen molar-refractivity contribution in [2.75, 3.05) is 26.7 Å². The highest BCUT2D eigenvalue weighted by atomic mass is 32.2. The van der Waals surface area contributed by atoms with Crippen LogP contribution in [0.1, 0.15) is 48.5 Å². The number of amides is 2. The smallest absolute Gasteiger partial charge is 0.338 e. The Labute approximate surface area is 215 Å². The number of nitrogens with one attached hydrogen (secondary N) is 3. The number of rotatable bonds is 9. The van der Waals surface area contributed by atoms with Crippen LogP contribution in [0.15, 0.2) is 23.3 Å². The van der Waals surface area contributed by atoms with E-state index in [0.717, 1.165) is 25.3 Å². The fraction of sp³-hybridized carbons (Fsp3) is 0.565. The molecule has 1 saturated heterocycles. The number of hydrazone groups is 1. The van der Waals surface area contributed by atoms with Crippen LogP contribution in [0.25, 0.3) is 0 Å². The van der Waals surface area contributed by atoms with Crippen molar-refractivity contribution in [3.8, 4) is 0 Å². The summed E-state index contributed by atoms with van der Waals surface area (Å²) < 4.78 is 46.6. The maximum Gasteiger partial charge on any atom is 0.338 e. The Morgan fingerprint density at radius 1 is 1.32 bits per heavy atom. The lowest BCUT2D eigenvalue weighted by atomic mass is 9.97. The number of esters is 1. The third-order valence-corrected chi connectivity index (χ3v) is 7.70. The molecule has 12 nitrogen and oxygen atoms in total. The first-order valence-corrected chi connectivity index (χ1v) is 13.6. The fourth-order valence-electron chi connectivity index (χ4n) is 4.34. The lowest BCUT2D eigenvalue weighted by Crippen LogP contribution is -2.52. The van der Waals surface area contributed by atoms with Gasteiger partial charge in [-0.1, -0.05) is 6.92 Å². The van der Waals surface area contributed by atoms with Gasteiger partial charge in [0.25, 0.3) is 0 Å². The molecule has 0 spiro atoms. The Morgan fingerprint density at radius 3 is 2.78 bits per heavy atom. The summed E-state index contributed by atoms with van der Waals surface area (Å²) in [6.45, 7) is 2.36. The van der Waals surface area contributed by atoms with E-state index < -0.39 is 39.5 Å². The highest BCUT2D eigenvalue weighted by Crippen LogP contribution is 2.18. The van der Waals surface area contributed by atoms with Crippen LogP contribution in [0.2, 0.25) is 0 Å². The number of hydrogen-bond donors (Lipinski definition) is 4. The number of carbonyl (C=O) groups excluding carboxylic acids is 3. The third-order valence-electron chi connectivity index (χ3n) is 6.37. The topological polar surface area (TPSA) is 172 Å². The van der Waals surface area contributed by atoms with Crippen molar-refractivity contribution >= 4 is 33.6 Å². The SMILES string of the molecule is COC(=O)c1ccc(F)cc1CS(=O)(=O)N[C@H]1CCCCN(CC(=O)NC[C@@H]2NN=C(N)C[C@H]2C)C1=O. The van der Waals surface area contributed by atoms with Crippen LogP contribution in [0.5, 0.6) is 0 Å². The van der Waals surface area contributed by atoms with Crippen molar-refractivity contribution in [1.82, 2.24) is 20.4 Å². The van der Waals surface area contributed by atoms with E-state index in [2.05, 4.69) is 25.3 Å². The van der Waals surface area contributed by atoms with Crippen molar-refractivity contribution in [2.45, 2.75) is 50.4 Å². The highest BCUT2D eigenvalue weighted by Gasteiger charge is 2.32. The second kappa shape index (κ2) is 12.3. The lowest BCUT2D eigenvalue weighted by molar-refractivity contribution is -0.136. The molecule has 1 aromatic carbocycles. The molecule has 0 unspecified atom stereocenters. The van der Waals surface area contributed by atoms with Gasteiger partial charge in [0.1, 0.15) is 17.7 Å². The molecule has 3 atom stereocenters. The van der Waals surface area contributed by atoms with Crippen molar-refractivity contribution in [3.63, 3.8) is 0 Å². The number of halogens is 1. The normalized spacial score (nSPS) is 22.5. The summed E-state index contributed by atoms with van der Waals surface area (Å²) >= 11 is 0. The molecule has 3 rings (SSSR count). The van der Waals surface area contributed by atoms with Crippen molar-refractivity contribution in [2.24, 2.45) is 16.8 Å². The number of ether oxygens (including phenoxy) is 1. The minimum Gasteiger partial charge on any atom is -0.465 e. The van der Waals surface area contributed by atoms with Gasteiger partial charge < -0.3 is 26.1 Å². The van der Waals surface area contributed by atoms with Crippen molar-refractivity contribution < 1.29 is 31.9 Å². The molecule has 2 aliphatic heterocycles. The molecule has 1 aromatic rings. The van der Waals surface area contributed by atoms with E-state index in [-0.39, 0.29) is 42.0 Å². The van der Waals surface area contributed by atoms with Gasteiger partial charge in [0.2, 0.25) is 21.8 Å². The Morgan fingerprint density at radius 2 is 2.08 bits per heavy atom. The number of hydrogen-bond acceptors (Lipinski definition) is 9. The minimum atomic E-state index is -4.16. The first-order valence-electron chi connectivity index (χ1n) is 12.0. The van der Waals surface area contributed by atoms with Gasteiger partial charge in [-0.2, -0.15) is 5.10 Å². The Bertz CT molecular complexity index is 1160. The van der Waals surface area contributed by atoms with E-state index in [1.165, 1.54) is 4.90 Å². The maximum absolute atomic E-state index is 13.8. The number of amidine groups is 1. The number of sulfonamides is 1. The van der Waals surface area contributed by atoms with Crippen LogP contribution < -0.4 is 21.2 Å². The molecular weight excluding hydrogens is 507 g/mol. The summed E-state index contributed by atoms with van der Waals surface area (Å²) in [6, 6.07) is 1.93. The molecular formula is C23H33FN6O6S. The van der Waals surface area contributed by atoms with Crippen LogP contribution >= 0.6 is 0 Å². The van der Waals surface area contributed by atoms with Crippen LogP contribution in [0.4, 0.5) is 4.39 Å². The molecule has 2 amide bonds. The van der Waals surface area contributed by atoms with Gasteiger partial charge in [0.15, 0.2) is 0 Å². The Kier molecular flexibility index (Phi) is 9.43. The third kappa shape index (κ3) is 7.86. The van der Waals surface area contributed by atoms with Crippen LogP contribution in [0.3, 0.4) is 0 Å². The molecule has 0 radical (unpaired) electrons. The van der Waals surface area contributed by atoms with Gasteiger partial charge in [-0.15, -0.1) is 0 Å². The molecule has 0 aromatic heterocycles. The van der Waals surface area contributed by atoms with Crippen LogP contribution in [-0.4, -0.2) is 75.8 Å². The highest BCUT2D eigenvalue weighted by molar-refractivity contribution is 7.88. The lowest BCUT2D eigenvalue weighted by Gasteiger charge is -2.28. The molecule has 0 saturated carbocycles. The maximum atomic E-state index is 13.8. The summed E-state index contributed by atoms with van der Waals surface area (Å²) in [6.07, 6.45) is 2.01. The molecule has 2 heterocycles. The second-order valence-corrected chi connectivity index (χ2v) is 11.1. The standard InChI is InChI=1S/C23H33FN6O6S/c1-14-9-20(25)28-27-19(14)11-26-21(31)12-30-8-4-3-5-18(22(30)32)29-37(34,35)13-15-10-16(24)6-7-17(15)23(33)36-2/h6-7,10,14,18-19,27,29H,3-5,8-9,11-13H2,1-2H3,(H2,25,28)(H,26,31)/t14-,18+,19+/m1/s1. The average molecular weight is 541 g/mol. The van der Waals surface area contributed by atoms with Gasteiger partial charge in [-0.25, -0.2) is 22.3 Å². The average Bonchev–Trinajstić information content (AvgIpc) is 2.99. The zero-order valence-electron chi connectivity index (χ0n) is 20.8. The summed E-state index contributed by atoms with van der Waals surface area (Å²) in [5.41, 5.74) is 8.43. The summed E-state index contributed by atoms with van der Waals surface area (Å²) in [4.78, 5) is 39.0. The molecule has 2 aliphatic rings. The number of nitrogens with two attached hydrogens (primary N) is 1. The summed E-state index contributed by atoms with van der Waals surface area (Å²) in [5, 5.41) is 6.78. The van der Waals surface area contributed by atoms with E-state index in [0.29, 0.717) is 38.2 Å². The molecule has 204 valence electrons. The number of methoxy groups -OCH3 is 1. The molecule has 1 fully saturated rings. The monoisotopic (exact) mass is 540 g/mol. The quantitative estimate of drug-likeness (QED) is 0.312. The zero-order valence-corrected chi connectivity index (χ0v) is 21.6. The largest absolute Gasteiger partial charge is 0.465 e.